The van der Waals surface area contributed by atoms with Crippen LogP contribution in [0.25, 0.3) is 0 Å². The largest absolute Gasteiger partial charge is 0.467 e. The Kier molecular flexibility index (Phi) is 6.07. The highest BCUT2D eigenvalue weighted by molar-refractivity contribution is 7.03. The lowest BCUT2D eigenvalue weighted by Gasteiger charge is -2.30. The maximum atomic E-state index is 13.5. The lowest BCUT2D eigenvalue weighted by Crippen LogP contribution is -2.46. The van der Waals surface area contributed by atoms with Crippen molar-refractivity contribution in [1.29, 1.82) is 0 Å². The second-order valence-corrected chi connectivity index (χ2v) is 8.13. The number of carbonyl (C=O) groups is 2. The van der Waals surface area contributed by atoms with Crippen LogP contribution in [0.3, 0.4) is 0 Å². The minimum absolute atomic E-state index is 0.139. The molecule has 2 amide bonds. The number of aromatic nitrogens is 2. The molecule has 0 spiro atoms. The number of rotatable bonds is 6. The van der Waals surface area contributed by atoms with E-state index < -0.39 is 29.2 Å². The van der Waals surface area contributed by atoms with E-state index in [1.54, 1.807) is 12.1 Å². The molecule has 7 nitrogen and oxygen atoms in total. The first-order valence-electron chi connectivity index (χ1n) is 8.93. The van der Waals surface area contributed by atoms with Crippen LogP contribution in [-0.4, -0.2) is 26.9 Å². The van der Waals surface area contributed by atoms with Crippen LogP contribution in [0.4, 0.5) is 4.39 Å². The van der Waals surface area contributed by atoms with Crippen LogP contribution < -0.4 is 10.6 Å². The summed E-state index contributed by atoms with van der Waals surface area (Å²) in [4.78, 5) is 25.9. The molecule has 2 N–H and O–H groups in total. The standard InChI is InChI=1S/C20H21FN4O3S/c1-20(2,3)23-19(27)16(12-6-8-13(21)9-7-12)17(15-5-4-10-28-15)22-18(26)14-11-29-25-24-14/h4-11,16-17H,1-3H3,(H,22,26)(H,23,27). The van der Waals surface area contributed by atoms with Crippen LogP contribution in [0.5, 0.6) is 0 Å². The third-order valence-corrected chi connectivity index (χ3v) is 4.58. The van der Waals surface area contributed by atoms with Gasteiger partial charge in [-0.2, -0.15) is 0 Å². The second kappa shape index (κ2) is 8.52. The molecule has 0 bridgehead atoms. The Labute approximate surface area is 171 Å². The number of carbonyl (C=O) groups excluding carboxylic acids is 2. The SMILES string of the molecule is CC(C)(C)NC(=O)C(c1ccc(F)cc1)C(NC(=O)c1csnn1)c1ccco1. The van der Waals surface area contributed by atoms with E-state index in [9.17, 15) is 14.0 Å². The third-order valence-electron chi connectivity index (χ3n) is 4.07. The summed E-state index contributed by atoms with van der Waals surface area (Å²) >= 11 is 1.05. The van der Waals surface area contributed by atoms with Crippen molar-refractivity contribution in [3.8, 4) is 0 Å². The third kappa shape index (κ3) is 5.26. The first-order chi connectivity index (χ1) is 13.7. The normalized spacial score (nSPS) is 13.5. The summed E-state index contributed by atoms with van der Waals surface area (Å²) in [5, 5.41) is 11.0. The van der Waals surface area contributed by atoms with Crippen LogP contribution in [-0.2, 0) is 4.79 Å². The van der Waals surface area contributed by atoms with E-state index in [-0.39, 0.29) is 11.6 Å². The van der Waals surface area contributed by atoms with Gasteiger partial charge >= 0.3 is 0 Å². The molecule has 29 heavy (non-hydrogen) atoms. The van der Waals surface area contributed by atoms with Crippen molar-refractivity contribution in [2.24, 2.45) is 0 Å². The Hall–Kier alpha value is -3.07. The molecule has 1 aromatic carbocycles. The zero-order valence-corrected chi connectivity index (χ0v) is 17.0. The fraction of sp³-hybridized carbons (Fsp3) is 0.300. The number of benzene rings is 1. The van der Waals surface area contributed by atoms with E-state index in [1.165, 1.54) is 35.9 Å². The van der Waals surface area contributed by atoms with E-state index in [1.807, 2.05) is 20.8 Å². The molecule has 2 atom stereocenters. The van der Waals surface area contributed by atoms with Gasteiger partial charge in [-0.1, -0.05) is 16.6 Å². The maximum absolute atomic E-state index is 13.5. The molecule has 9 heteroatoms. The van der Waals surface area contributed by atoms with Crippen LogP contribution in [0.15, 0.2) is 52.5 Å². The van der Waals surface area contributed by atoms with Crippen molar-refractivity contribution in [3.63, 3.8) is 0 Å². The van der Waals surface area contributed by atoms with E-state index in [0.717, 1.165) is 11.5 Å². The molecule has 0 saturated heterocycles. The summed E-state index contributed by atoms with van der Waals surface area (Å²) in [5.74, 6) is -1.72. The summed E-state index contributed by atoms with van der Waals surface area (Å²) in [6.45, 7) is 5.57. The summed E-state index contributed by atoms with van der Waals surface area (Å²) < 4.78 is 22.7. The van der Waals surface area contributed by atoms with E-state index in [4.69, 9.17) is 4.42 Å². The molecule has 0 aliphatic carbocycles. The average molecular weight is 416 g/mol. The van der Waals surface area contributed by atoms with Crippen molar-refractivity contribution in [2.45, 2.75) is 38.3 Å². The Morgan fingerprint density at radius 2 is 1.90 bits per heavy atom. The van der Waals surface area contributed by atoms with Crippen molar-refractivity contribution in [2.75, 3.05) is 0 Å². The molecule has 3 aromatic rings. The van der Waals surface area contributed by atoms with Gasteiger partial charge in [0.25, 0.3) is 5.91 Å². The number of nitrogens with one attached hydrogen (secondary N) is 2. The molecule has 2 heterocycles. The van der Waals surface area contributed by atoms with Crippen LogP contribution in [0, 0.1) is 5.82 Å². The predicted molar refractivity (Wildman–Crippen MR) is 106 cm³/mol. The number of hydrogen-bond donors (Lipinski definition) is 2. The second-order valence-electron chi connectivity index (χ2n) is 7.53. The molecule has 0 radical (unpaired) electrons. The molecule has 2 unspecified atom stereocenters. The predicted octanol–water partition coefficient (Wildman–Crippen LogP) is 3.44. The highest BCUT2D eigenvalue weighted by atomic mass is 32.1. The van der Waals surface area contributed by atoms with Crippen LogP contribution >= 0.6 is 11.5 Å². The number of halogens is 1. The minimum Gasteiger partial charge on any atom is -0.467 e. The number of furan rings is 1. The Morgan fingerprint density at radius 1 is 1.17 bits per heavy atom. The molecular formula is C20H21FN4O3S. The monoisotopic (exact) mass is 416 g/mol. The number of amides is 2. The summed E-state index contributed by atoms with van der Waals surface area (Å²) in [5.41, 5.74) is 0.165. The van der Waals surface area contributed by atoms with E-state index in [0.29, 0.717) is 11.3 Å². The highest BCUT2D eigenvalue weighted by Gasteiger charge is 2.36. The summed E-state index contributed by atoms with van der Waals surface area (Å²) in [6.07, 6.45) is 1.46. The zero-order chi connectivity index (χ0) is 21.0. The highest BCUT2D eigenvalue weighted by Crippen LogP contribution is 2.33. The molecule has 152 valence electrons. The van der Waals surface area contributed by atoms with Gasteiger partial charge in [-0.3, -0.25) is 9.59 Å². The minimum atomic E-state index is -0.864. The Balaban J connectivity index is 2.02. The first-order valence-corrected chi connectivity index (χ1v) is 9.77. The van der Waals surface area contributed by atoms with E-state index >= 15 is 0 Å². The van der Waals surface area contributed by atoms with Gasteiger partial charge in [0.2, 0.25) is 5.91 Å². The van der Waals surface area contributed by atoms with Crippen LogP contribution in [0.2, 0.25) is 0 Å². The van der Waals surface area contributed by atoms with Gasteiger partial charge in [0.15, 0.2) is 5.69 Å². The Morgan fingerprint density at radius 3 is 2.45 bits per heavy atom. The van der Waals surface area contributed by atoms with Crippen molar-refractivity contribution < 1.29 is 18.4 Å². The van der Waals surface area contributed by atoms with Gasteiger partial charge in [0.05, 0.1) is 12.2 Å². The lowest BCUT2D eigenvalue weighted by atomic mass is 9.88. The van der Waals surface area contributed by atoms with Gasteiger partial charge in [0.1, 0.15) is 17.6 Å². The van der Waals surface area contributed by atoms with Gasteiger partial charge < -0.3 is 15.1 Å². The molecule has 2 aromatic heterocycles. The maximum Gasteiger partial charge on any atom is 0.273 e. The molecule has 3 rings (SSSR count). The first kappa shape index (κ1) is 20.7. The zero-order valence-electron chi connectivity index (χ0n) is 16.2. The fourth-order valence-electron chi connectivity index (χ4n) is 2.88. The van der Waals surface area contributed by atoms with Gasteiger partial charge in [-0.15, -0.1) is 5.10 Å². The van der Waals surface area contributed by atoms with Crippen molar-refractivity contribution >= 4 is 23.3 Å². The quantitative estimate of drug-likeness (QED) is 0.642. The molecule has 0 fully saturated rings. The lowest BCUT2D eigenvalue weighted by molar-refractivity contribution is -0.124. The van der Waals surface area contributed by atoms with Crippen LogP contribution in [0.1, 0.15) is 54.5 Å². The topological polar surface area (TPSA) is 97.1 Å². The summed E-state index contributed by atoms with van der Waals surface area (Å²) in [6, 6.07) is 8.10. The molecule has 0 aliphatic rings. The van der Waals surface area contributed by atoms with E-state index in [2.05, 4.69) is 20.2 Å². The fourth-order valence-corrected chi connectivity index (χ4v) is 3.31. The molecular weight excluding hydrogens is 395 g/mol. The molecule has 0 saturated carbocycles. The smallest absolute Gasteiger partial charge is 0.273 e. The molecule has 0 aliphatic heterocycles. The number of hydrogen-bond acceptors (Lipinski definition) is 6. The van der Waals surface area contributed by atoms with Crippen molar-refractivity contribution in [3.05, 3.63) is 70.9 Å². The average Bonchev–Trinajstić information content (AvgIpc) is 3.35. The van der Waals surface area contributed by atoms with Gasteiger partial charge in [-0.25, -0.2) is 4.39 Å². The summed E-state index contributed by atoms with van der Waals surface area (Å²) in [7, 11) is 0. The van der Waals surface area contributed by atoms with Crippen molar-refractivity contribution in [1.82, 2.24) is 20.2 Å². The number of nitrogens with zero attached hydrogens (tertiary/aromatic N) is 2. The van der Waals surface area contributed by atoms with Gasteiger partial charge in [0, 0.05) is 10.9 Å². The van der Waals surface area contributed by atoms with Gasteiger partial charge in [-0.05, 0) is 62.1 Å². The Bertz CT molecular complexity index is 951.